The third kappa shape index (κ3) is 1.65. The molecule has 0 spiro atoms. The number of nitrogens with one attached hydrogen (secondary N) is 1. The van der Waals surface area contributed by atoms with Gasteiger partial charge >= 0.3 is 0 Å². The number of hydrogen-bond acceptors (Lipinski definition) is 2. The first kappa shape index (κ1) is 14.1. The van der Waals surface area contributed by atoms with Crippen LogP contribution in [0.1, 0.15) is 36.8 Å². The van der Waals surface area contributed by atoms with Gasteiger partial charge in [-0.2, -0.15) is 0 Å². The van der Waals surface area contributed by atoms with E-state index < -0.39 is 5.66 Å². The van der Waals surface area contributed by atoms with Crippen LogP contribution in [-0.2, 0) is 10.5 Å². The lowest BCUT2D eigenvalue weighted by atomic mass is 9.73. The number of hydrogen-bond donors (Lipinski definition) is 1. The Morgan fingerprint density at radius 2 is 1.79 bits per heavy atom. The van der Waals surface area contributed by atoms with Crippen LogP contribution in [-0.4, -0.2) is 5.91 Å². The number of anilines is 2. The summed E-state index contributed by atoms with van der Waals surface area (Å²) in [5.74, 6) is 0.799. The molecule has 2 fully saturated rings. The Bertz CT molecular complexity index is 813. The fourth-order valence-corrected chi connectivity index (χ4v) is 5.09. The van der Waals surface area contributed by atoms with Crippen LogP contribution >= 0.6 is 0 Å². The van der Waals surface area contributed by atoms with Gasteiger partial charge in [-0.3, -0.25) is 9.69 Å². The molecule has 0 bridgehead atoms. The zero-order valence-corrected chi connectivity index (χ0v) is 14.0. The van der Waals surface area contributed by atoms with Gasteiger partial charge in [-0.1, -0.05) is 54.8 Å². The van der Waals surface area contributed by atoms with E-state index in [1.54, 1.807) is 0 Å². The van der Waals surface area contributed by atoms with Crippen LogP contribution in [0.5, 0.6) is 0 Å². The molecular formula is C21H22N2O. The lowest BCUT2D eigenvalue weighted by Gasteiger charge is -2.40. The lowest BCUT2D eigenvalue weighted by Crippen LogP contribution is -2.49. The maximum absolute atomic E-state index is 13.3. The highest BCUT2D eigenvalue weighted by Crippen LogP contribution is 2.59. The van der Waals surface area contributed by atoms with E-state index in [0.717, 1.165) is 24.2 Å². The fourth-order valence-electron chi connectivity index (χ4n) is 5.09. The predicted octanol–water partition coefficient (Wildman–Crippen LogP) is 4.43. The molecule has 1 aliphatic carbocycles. The summed E-state index contributed by atoms with van der Waals surface area (Å²) < 4.78 is 0. The first-order valence-electron chi connectivity index (χ1n) is 9.00. The third-order valence-corrected chi connectivity index (χ3v) is 6.15. The number of nitrogens with zero attached hydrogens (tertiary/aromatic N) is 1. The van der Waals surface area contributed by atoms with Crippen LogP contribution in [0, 0.1) is 18.8 Å². The van der Waals surface area contributed by atoms with Crippen LogP contribution in [0.3, 0.4) is 0 Å². The Morgan fingerprint density at radius 1 is 1.04 bits per heavy atom. The highest BCUT2D eigenvalue weighted by Gasteiger charge is 2.63. The summed E-state index contributed by atoms with van der Waals surface area (Å²) in [5, 5.41) is 3.78. The highest BCUT2D eigenvalue weighted by atomic mass is 16.2. The van der Waals surface area contributed by atoms with Crippen molar-refractivity contribution in [1.82, 2.24) is 0 Å². The molecule has 0 unspecified atom stereocenters. The molecule has 3 nitrogen and oxygen atoms in total. The highest BCUT2D eigenvalue weighted by molar-refractivity contribution is 6.06. The van der Waals surface area contributed by atoms with E-state index in [-0.39, 0.29) is 5.92 Å². The normalized spacial score (nSPS) is 30.5. The van der Waals surface area contributed by atoms with E-state index >= 15 is 0 Å². The maximum atomic E-state index is 13.3. The van der Waals surface area contributed by atoms with Crippen molar-refractivity contribution < 1.29 is 4.79 Å². The van der Waals surface area contributed by atoms with Gasteiger partial charge < -0.3 is 5.32 Å². The predicted molar refractivity (Wildman–Crippen MR) is 95.9 cm³/mol. The summed E-state index contributed by atoms with van der Waals surface area (Å²) >= 11 is 0. The number of fused-ring (bicyclic) bond motifs is 5. The Labute approximate surface area is 142 Å². The Morgan fingerprint density at radius 3 is 2.62 bits per heavy atom. The smallest absolute Gasteiger partial charge is 0.232 e. The van der Waals surface area contributed by atoms with E-state index in [4.69, 9.17) is 0 Å². The Hall–Kier alpha value is -2.29. The number of aryl methyl sites for hydroxylation is 1. The largest absolute Gasteiger partial charge is 0.357 e. The fraction of sp³-hybridized carbons (Fsp3) is 0.381. The molecule has 2 heterocycles. The summed E-state index contributed by atoms with van der Waals surface area (Å²) in [5.41, 5.74) is 4.18. The van der Waals surface area contributed by atoms with Crippen molar-refractivity contribution in [2.45, 2.75) is 38.3 Å². The summed E-state index contributed by atoms with van der Waals surface area (Å²) in [7, 11) is 0. The molecule has 2 aromatic carbocycles. The minimum absolute atomic E-state index is 0.154. The molecule has 1 amide bonds. The van der Waals surface area contributed by atoms with Gasteiger partial charge in [-0.05, 0) is 37.5 Å². The molecule has 5 rings (SSSR count). The molecule has 3 atom stereocenters. The second-order valence-corrected chi connectivity index (χ2v) is 7.45. The topological polar surface area (TPSA) is 32.3 Å². The molecule has 1 saturated carbocycles. The number of amides is 1. The molecule has 0 radical (unpaired) electrons. The zero-order valence-electron chi connectivity index (χ0n) is 14.0. The van der Waals surface area contributed by atoms with Crippen molar-refractivity contribution in [1.29, 1.82) is 0 Å². The molecule has 24 heavy (non-hydrogen) atoms. The van der Waals surface area contributed by atoms with Gasteiger partial charge in [0, 0.05) is 11.8 Å². The number of carbonyl (C=O) groups is 1. The third-order valence-electron chi connectivity index (χ3n) is 6.15. The van der Waals surface area contributed by atoms with Crippen molar-refractivity contribution in [2.24, 2.45) is 11.8 Å². The van der Waals surface area contributed by atoms with E-state index in [9.17, 15) is 4.79 Å². The van der Waals surface area contributed by atoms with Gasteiger partial charge in [0.15, 0.2) is 0 Å². The Kier molecular flexibility index (Phi) is 2.85. The first-order valence-corrected chi connectivity index (χ1v) is 9.00. The van der Waals surface area contributed by atoms with Crippen molar-refractivity contribution in [3.63, 3.8) is 0 Å². The van der Waals surface area contributed by atoms with Crippen molar-refractivity contribution in [3.8, 4) is 0 Å². The molecule has 122 valence electrons. The van der Waals surface area contributed by atoms with Crippen LogP contribution in [0.15, 0.2) is 48.5 Å². The molecule has 3 aliphatic rings. The number of rotatable bonds is 1. The average molecular weight is 318 g/mol. The van der Waals surface area contributed by atoms with Gasteiger partial charge in [0.25, 0.3) is 0 Å². The first-order chi connectivity index (χ1) is 11.7. The van der Waals surface area contributed by atoms with E-state index in [2.05, 4.69) is 53.5 Å². The lowest BCUT2D eigenvalue weighted by molar-refractivity contribution is -0.121. The SMILES string of the molecule is Cc1ccc([C@]23Nc4ccccc4N2C(=O)[C@H]2CCCC[C@H]23)cc1. The second-order valence-electron chi connectivity index (χ2n) is 7.45. The molecule has 3 heteroatoms. The molecule has 0 aromatic heterocycles. The Balaban J connectivity index is 1.74. The zero-order chi connectivity index (χ0) is 16.3. The van der Waals surface area contributed by atoms with Crippen molar-refractivity contribution in [3.05, 3.63) is 59.7 Å². The molecule has 2 aromatic rings. The molecule has 1 saturated heterocycles. The monoisotopic (exact) mass is 318 g/mol. The summed E-state index contributed by atoms with van der Waals surface area (Å²) in [4.78, 5) is 15.4. The second kappa shape index (κ2) is 4.85. The maximum Gasteiger partial charge on any atom is 0.232 e. The minimum Gasteiger partial charge on any atom is -0.357 e. The summed E-state index contributed by atoms with van der Waals surface area (Å²) in [6.07, 6.45) is 4.53. The van der Waals surface area contributed by atoms with Crippen LogP contribution in [0.25, 0.3) is 0 Å². The van der Waals surface area contributed by atoms with Gasteiger partial charge in [0.2, 0.25) is 5.91 Å². The molecule has 2 aliphatic heterocycles. The van der Waals surface area contributed by atoms with Crippen molar-refractivity contribution in [2.75, 3.05) is 10.2 Å². The van der Waals surface area contributed by atoms with E-state index in [1.807, 2.05) is 12.1 Å². The average Bonchev–Trinajstić information content (AvgIpc) is 3.08. The van der Waals surface area contributed by atoms with Gasteiger partial charge in [-0.25, -0.2) is 0 Å². The van der Waals surface area contributed by atoms with E-state index in [0.29, 0.717) is 11.8 Å². The van der Waals surface area contributed by atoms with Crippen LogP contribution < -0.4 is 10.2 Å². The number of benzene rings is 2. The van der Waals surface area contributed by atoms with Gasteiger partial charge in [0.1, 0.15) is 5.66 Å². The van der Waals surface area contributed by atoms with Crippen LogP contribution in [0.2, 0.25) is 0 Å². The molecular weight excluding hydrogens is 296 g/mol. The number of para-hydroxylation sites is 2. The van der Waals surface area contributed by atoms with Gasteiger partial charge in [-0.15, -0.1) is 0 Å². The quantitative estimate of drug-likeness (QED) is 0.844. The van der Waals surface area contributed by atoms with Crippen molar-refractivity contribution >= 4 is 17.3 Å². The summed E-state index contributed by atoms with van der Waals surface area (Å²) in [6, 6.07) is 17.0. The van der Waals surface area contributed by atoms with Crippen LogP contribution in [0.4, 0.5) is 11.4 Å². The number of carbonyl (C=O) groups excluding carboxylic acids is 1. The minimum atomic E-state index is -0.403. The van der Waals surface area contributed by atoms with Gasteiger partial charge in [0.05, 0.1) is 11.4 Å². The standard InChI is InChI=1S/C21H22N2O/c1-14-10-12-15(13-11-14)21-17-7-3-2-6-16(17)20(24)23(21)19-9-5-4-8-18(19)22-21/h4-5,8-13,16-17,22H,2-3,6-7H2,1H3/t16-,17+,21-/m0/s1. The molecule has 1 N–H and O–H groups in total. The van der Waals surface area contributed by atoms with E-state index in [1.165, 1.54) is 24.0 Å². The summed E-state index contributed by atoms with van der Waals surface area (Å²) in [6.45, 7) is 2.11.